The Kier molecular flexibility index (Phi) is 9.97. The Morgan fingerprint density at radius 3 is 1.96 bits per heavy atom. The summed E-state index contributed by atoms with van der Waals surface area (Å²) in [7, 11) is 0. The third kappa shape index (κ3) is 7.95. The van der Waals surface area contributed by atoms with E-state index in [-0.39, 0.29) is 0 Å². The normalized spacial score (nSPS) is 22.0. The van der Waals surface area contributed by atoms with Crippen LogP contribution in [-0.2, 0) is 9.47 Å². The van der Waals surface area contributed by atoms with Crippen LogP contribution in [0.5, 0.6) is 0 Å². The monoisotopic (exact) mass is 384 g/mol. The minimum Gasteiger partial charge on any atom is -0.378 e. The van der Waals surface area contributed by atoms with Gasteiger partial charge in [-0.05, 0) is 34.1 Å². The van der Waals surface area contributed by atoms with Gasteiger partial charge in [0.05, 0.1) is 26.6 Å². The van der Waals surface area contributed by atoms with Gasteiger partial charge in [-0.3, -0.25) is 19.6 Å². The molecule has 0 aromatic rings. The Hall–Kier alpha value is -0.240. The van der Waals surface area contributed by atoms with Crippen molar-refractivity contribution in [2.24, 2.45) is 0 Å². The molecule has 0 aromatic heterocycles. The Morgan fingerprint density at radius 1 is 0.778 bits per heavy atom. The van der Waals surface area contributed by atoms with E-state index in [0.717, 1.165) is 59.2 Å². The molecule has 160 valence electrons. The maximum Gasteiger partial charge on any atom is 0.0992 e. The quantitative estimate of drug-likeness (QED) is 0.505. The highest BCUT2D eigenvalue weighted by atomic mass is 16.5. The summed E-state index contributed by atoms with van der Waals surface area (Å²) in [5, 5.41) is 0. The van der Waals surface area contributed by atoms with Crippen molar-refractivity contribution >= 4 is 0 Å². The van der Waals surface area contributed by atoms with E-state index in [0.29, 0.717) is 24.8 Å². The van der Waals surface area contributed by atoms with E-state index < -0.39 is 0 Å². The first kappa shape index (κ1) is 23.0. The van der Waals surface area contributed by atoms with E-state index in [1.807, 2.05) is 0 Å². The Labute approximate surface area is 167 Å². The average molecular weight is 385 g/mol. The zero-order valence-corrected chi connectivity index (χ0v) is 18.6. The summed E-state index contributed by atoms with van der Waals surface area (Å²) in [4.78, 5) is 10.1. The van der Waals surface area contributed by atoms with Crippen molar-refractivity contribution in [1.29, 1.82) is 0 Å². The predicted molar refractivity (Wildman–Crippen MR) is 112 cm³/mol. The van der Waals surface area contributed by atoms with Gasteiger partial charge in [0.15, 0.2) is 0 Å². The van der Waals surface area contributed by atoms with Gasteiger partial charge in [-0.2, -0.15) is 0 Å². The predicted octanol–water partition coefficient (Wildman–Crippen LogP) is 1.81. The molecule has 27 heavy (non-hydrogen) atoms. The second-order valence-electron chi connectivity index (χ2n) is 8.89. The third-order valence-corrected chi connectivity index (χ3v) is 6.43. The van der Waals surface area contributed by atoms with E-state index in [1.54, 1.807) is 0 Å². The van der Waals surface area contributed by atoms with Gasteiger partial charge in [0.25, 0.3) is 0 Å². The zero-order chi connectivity index (χ0) is 19.7. The van der Waals surface area contributed by atoms with Gasteiger partial charge in [-0.1, -0.05) is 6.92 Å². The first-order valence-electron chi connectivity index (χ1n) is 11.0. The van der Waals surface area contributed by atoms with Gasteiger partial charge in [0.2, 0.25) is 0 Å². The zero-order valence-electron chi connectivity index (χ0n) is 18.6. The van der Waals surface area contributed by atoms with Gasteiger partial charge in [-0.25, -0.2) is 0 Å². The second-order valence-corrected chi connectivity index (χ2v) is 8.89. The van der Waals surface area contributed by atoms with Crippen LogP contribution in [0.2, 0.25) is 0 Å². The van der Waals surface area contributed by atoms with E-state index in [4.69, 9.17) is 9.47 Å². The fourth-order valence-electron chi connectivity index (χ4n) is 3.82. The highest BCUT2D eigenvalue weighted by Crippen LogP contribution is 2.20. The average Bonchev–Trinajstić information content (AvgIpc) is 2.68. The van der Waals surface area contributed by atoms with Crippen molar-refractivity contribution in [3.63, 3.8) is 0 Å². The minimum atomic E-state index is 0.335. The third-order valence-electron chi connectivity index (χ3n) is 6.43. The first-order chi connectivity index (χ1) is 12.9. The minimum absolute atomic E-state index is 0.335. The number of rotatable bonds is 11. The summed E-state index contributed by atoms with van der Waals surface area (Å²) in [6, 6.07) is 0.655. The maximum atomic E-state index is 5.79. The molecule has 0 N–H and O–H groups in total. The smallest absolute Gasteiger partial charge is 0.0992 e. The van der Waals surface area contributed by atoms with Crippen LogP contribution in [0.25, 0.3) is 0 Å². The van der Waals surface area contributed by atoms with E-state index >= 15 is 0 Å². The van der Waals surface area contributed by atoms with E-state index in [9.17, 15) is 0 Å². The molecule has 0 bridgehead atoms. The fourth-order valence-corrected chi connectivity index (χ4v) is 3.82. The van der Waals surface area contributed by atoms with Crippen molar-refractivity contribution in [1.82, 2.24) is 19.6 Å². The van der Waals surface area contributed by atoms with Crippen LogP contribution in [0.1, 0.15) is 41.0 Å². The van der Waals surface area contributed by atoms with Gasteiger partial charge >= 0.3 is 0 Å². The molecule has 6 nitrogen and oxygen atoms in total. The lowest BCUT2D eigenvalue weighted by Gasteiger charge is -2.43. The van der Waals surface area contributed by atoms with Crippen LogP contribution in [0.4, 0.5) is 0 Å². The molecule has 0 aliphatic carbocycles. The number of hydrogen-bond donors (Lipinski definition) is 0. The highest BCUT2D eigenvalue weighted by molar-refractivity contribution is 4.84. The highest BCUT2D eigenvalue weighted by Gasteiger charge is 2.27. The van der Waals surface area contributed by atoms with Crippen LogP contribution in [0, 0.1) is 0 Å². The largest absolute Gasteiger partial charge is 0.378 e. The van der Waals surface area contributed by atoms with Gasteiger partial charge in [0, 0.05) is 70.5 Å². The Bertz CT molecular complexity index is 390. The molecule has 2 aliphatic rings. The van der Waals surface area contributed by atoms with Gasteiger partial charge < -0.3 is 9.47 Å². The summed E-state index contributed by atoms with van der Waals surface area (Å²) in [5.74, 6) is 0. The molecule has 0 radical (unpaired) electrons. The summed E-state index contributed by atoms with van der Waals surface area (Å²) in [5.41, 5.74) is 0.335. The number of piperazine rings is 2. The molecule has 2 rings (SSSR count). The molecule has 2 aliphatic heterocycles. The Morgan fingerprint density at radius 2 is 1.37 bits per heavy atom. The van der Waals surface area contributed by atoms with E-state index in [1.165, 1.54) is 19.5 Å². The molecular weight excluding hydrogens is 340 g/mol. The van der Waals surface area contributed by atoms with Crippen LogP contribution in [-0.4, -0.2) is 117 Å². The van der Waals surface area contributed by atoms with Crippen molar-refractivity contribution in [3.8, 4) is 0 Å². The van der Waals surface area contributed by atoms with Crippen LogP contribution in [0.15, 0.2) is 0 Å². The lowest BCUT2D eigenvalue weighted by Crippen LogP contribution is -2.54. The summed E-state index contributed by atoms with van der Waals surface area (Å²) < 4.78 is 11.6. The summed E-state index contributed by atoms with van der Waals surface area (Å²) in [6.45, 7) is 24.7. The van der Waals surface area contributed by atoms with Crippen LogP contribution < -0.4 is 0 Å². The lowest BCUT2D eigenvalue weighted by atomic mass is 9.98. The van der Waals surface area contributed by atoms with Crippen LogP contribution in [0.3, 0.4) is 0 Å². The maximum absolute atomic E-state index is 5.79. The fraction of sp³-hybridized carbons (Fsp3) is 1.00. The SMILES string of the molecule is CCC(C)(C)N1CCN(CCOCCOCN2CCN(C(C)C)CC2)CC1. The molecule has 0 spiro atoms. The molecule has 0 unspecified atom stereocenters. The van der Waals surface area contributed by atoms with Crippen molar-refractivity contribution in [3.05, 3.63) is 0 Å². The molecule has 2 fully saturated rings. The lowest BCUT2D eigenvalue weighted by molar-refractivity contribution is -0.0287. The summed E-state index contributed by atoms with van der Waals surface area (Å²) >= 11 is 0. The molecule has 2 saturated heterocycles. The molecular formula is C21H44N4O2. The molecule has 0 saturated carbocycles. The number of nitrogens with zero attached hydrogens (tertiary/aromatic N) is 4. The first-order valence-corrected chi connectivity index (χ1v) is 11.0. The Balaban J connectivity index is 1.42. The summed E-state index contributed by atoms with van der Waals surface area (Å²) in [6.07, 6.45) is 1.21. The van der Waals surface area contributed by atoms with E-state index in [2.05, 4.69) is 54.2 Å². The second kappa shape index (κ2) is 11.7. The topological polar surface area (TPSA) is 31.4 Å². The standard InChI is InChI=1S/C21H44N4O2/c1-6-21(4,5)25-13-9-22(10-14-25)15-16-26-17-18-27-19-23-7-11-24(12-8-23)20(2)3/h20H,6-19H2,1-5H3. The molecule has 0 amide bonds. The van der Waals surface area contributed by atoms with Crippen LogP contribution >= 0.6 is 0 Å². The number of hydrogen-bond acceptors (Lipinski definition) is 6. The number of ether oxygens (including phenoxy) is 2. The van der Waals surface area contributed by atoms with Crippen molar-refractivity contribution in [2.45, 2.75) is 52.6 Å². The molecule has 0 aromatic carbocycles. The van der Waals surface area contributed by atoms with Gasteiger partial charge in [-0.15, -0.1) is 0 Å². The van der Waals surface area contributed by atoms with Crippen molar-refractivity contribution in [2.75, 3.05) is 85.5 Å². The molecule has 2 heterocycles. The molecule has 6 heteroatoms. The molecule has 0 atom stereocenters. The van der Waals surface area contributed by atoms with Crippen molar-refractivity contribution < 1.29 is 9.47 Å². The van der Waals surface area contributed by atoms with Gasteiger partial charge in [0.1, 0.15) is 0 Å².